The van der Waals surface area contributed by atoms with Gasteiger partial charge in [-0.25, -0.2) is 9.59 Å². The molecule has 72 valence electrons. The minimum atomic E-state index is -1.21. The molecule has 14 heavy (non-hydrogen) atoms. The molecule has 0 spiro atoms. The van der Waals surface area contributed by atoms with Crippen LogP contribution in [-0.2, 0) is 9.59 Å². The Morgan fingerprint density at radius 1 is 1.36 bits per heavy atom. The molecule has 0 bridgehead atoms. The molecule has 1 aromatic carbocycles. The third kappa shape index (κ3) is 2.09. The van der Waals surface area contributed by atoms with Crippen LogP contribution >= 0.6 is 0 Å². The molecule has 0 fully saturated rings. The average molecular weight is 190 g/mol. The molecule has 0 radical (unpaired) electrons. The lowest BCUT2D eigenvalue weighted by Gasteiger charge is -2.08. The molecule has 1 unspecified atom stereocenters. The Morgan fingerprint density at radius 3 is 2.36 bits per heavy atom. The molecule has 3 nitrogen and oxygen atoms in total. The summed E-state index contributed by atoms with van der Waals surface area (Å²) in [5.74, 6) is -0.170. The van der Waals surface area contributed by atoms with Crippen molar-refractivity contribution >= 4 is 11.9 Å². The molecule has 1 atom stereocenters. The van der Waals surface area contributed by atoms with Gasteiger partial charge in [-0.2, -0.15) is 0 Å². The van der Waals surface area contributed by atoms with E-state index in [2.05, 4.69) is 0 Å². The van der Waals surface area contributed by atoms with Crippen molar-refractivity contribution in [2.45, 2.75) is 12.8 Å². The van der Waals surface area contributed by atoms with E-state index in [9.17, 15) is 9.59 Å². The first-order valence-corrected chi connectivity index (χ1v) is 4.20. The smallest absolute Gasteiger partial charge is 0.343 e. The zero-order valence-corrected chi connectivity index (χ0v) is 7.73. The lowest BCUT2D eigenvalue weighted by molar-refractivity contribution is -0.132. The highest BCUT2D eigenvalue weighted by Gasteiger charge is 2.18. The van der Waals surface area contributed by atoms with Gasteiger partial charge in [-0.05, 0) is 5.56 Å². The predicted molar refractivity (Wildman–Crippen MR) is 51.7 cm³/mol. The Labute approximate surface area is 81.7 Å². The van der Waals surface area contributed by atoms with E-state index in [1.165, 1.54) is 5.94 Å². The zero-order valence-electron chi connectivity index (χ0n) is 7.73. The van der Waals surface area contributed by atoms with Crippen LogP contribution in [0.1, 0.15) is 18.4 Å². The van der Waals surface area contributed by atoms with Gasteiger partial charge in [0.05, 0.1) is 0 Å². The van der Waals surface area contributed by atoms with Crippen molar-refractivity contribution in [3.63, 3.8) is 0 Å². The largest absolute Gasteiger partial charge is 0.477 e. The number of carboxylic acids is 1. The second-order valence-electron chi connectivity index (χ2n) is 2.95. The van der Waals surface area contributed by atoms with Gasteiger partial charge in [0.1, 0.15) is 11.5 Å². The van der Waals surface area contributed by atoms with E-state index in [1.807, 2.05) is 6.07 Å². The highest BCUT2D eigenvalue weighted by molar-refractivity contribution is 5.97. The van der Waals surface area contributed by atoms with E-state index < -0.39 is 11.9 Å². The van der Waals surface area contributed by atoms with E-state index in [1.54, 1.807) is 31.2 Å². The van der Waals surface area contributed by atoms with E-state index in [0.717, 1.165) is 5.56 Å². The summed E-state index contributed by atoms with van der Waals surface area (Å²) in [6.07, 6.45) is 0. The number of hydrogen-bond acceptors (Lipinski definition) is 2. The molecule has 0 aromatic heterocycles. The number of carbonyl (C=O) groups is 1. The number of benzene rings is 1. The maximum Gasteiger partial charge on any atom is 0.343 e. The molecule has 1 rings (SSSR count). The molecule has 0 saturated heterocycles. The summed E-state index contributed by atoms with van der Waals surface area (Å²) in [6, 6.07) is 9.00. The summed E-state index contributed by atoms with van der Waals surface area (Å²) in [4.78, 5) is 21.1. The fraction of sp³-hybridized carbons (Fsp3) is 0.182. The van der Waals surface area contributed by atoms with Gasteiger partial charge in [0.2, 0.25) is 0 Å². The van der Waals surface area contributed by atoms with Crippen molar-refractivity contribution in [2.24, 2.45) is 0 Å². The third-order valence-electron chi connectivity index (χ3n) is 2.07. The number of hydrogen-bond donors (Lipinski definition) is 1. The summed E-state index contributed by atoms with van der Waals surface area (Å²) in [7, 11) is 0. The van der Waals surface area contributed by atoms with Crippen LogP contribution in [0.2, 0.25) is 0 Å². The Balaban J connectivity index is 3.02. The maximum atomic E-state index is 10.6. The highest BCUT2D eigenvalue weighted by atomic mass is 16.4. The third-order valence-corrected chi connectivity index (χ3v) is 2.07. The van der Waals surface area contributed by atoms with Gasteiger partial charge in [-0.1, -0.05) is 37.3 Å². The van der Waals surface area contributed by atoms with Crippen molar-refractivity contribution in [1.29, 1.82) is 0 Å². The van der Waals surface area contributed by atoms with Gasteiger partial charge >= 0.3 is 5.97 Å². The Kier molecular flexibility index (Phi) is 3.21. The lowest BCUT2D eigenvalue weighted by Crippen LogP contribution is -2.09. The fourth-order valence-corrected chi connectivity index (χ4v) is 1.23. The first-order chi connectivity index (χ1) is 6.66. The van der Waals surface area contributed by atoms with Crippen molar-refractivity contribution in [3.8, 4) is 0 Å². The lowest BCUT2D eigenvalue weighted by atomic mass is 9.94. The number of rotatable bonds is 3. The molecule has 0 aliphatic carbocycles. The van der Waals surface area contributed by atoms with Crippen LogP contribution in [0.3, 0.4) is 0 Å². The van der Waals surface area contributed by atoms with Crippen LogP contribution in [-0.4, -0.2) is 17.0 Å². The van der Waals surface area contributed by atoms with Crippen molar-refractivity contribution in [3.05, 3.63) is 41.5 Å². The average Bonchev–Trinajstić information content (AvgIpc) is 2.19. The van der Waals surface area contributed by atoms with Gasteiger partial charge in [-0.3, -0.25) is 0 Å². The Bertz CT molecular complexity index is 375. The van der Waals surface area contributed by atoms with Crippen LogP contribution in [0.25, 0.3) is 0 Å². The quantitative estimate of drug-likeness (QED) is 0.582. The molecule has 0 aliphatic rings. The standard InChI is InChI=1S/C11H10O3/c1-8(10(7-12)11(13)14)9-5-3-2-4-6-9/h2-6,8H,1H3,(H,13,14). The number of carboxylic acid groups (broad SMARTS) is 1. The van der Waals surface area contributed by atoms with Gasteiger partial charge in [-0.15, -0.1) is 0 Å². The van der Waals surface area contributed by atoms with Crippen LogP contribution < -0.4 is 0 Å². The maximum absolute atomic E-state index is 10.6. The molecule has 0 heterocycles. The number of aliphatic carboxylic acids is 1. The second kappa shape index (κ2) is 4.40. The van der Waals surface area contributed by atoms with E-state index in [-0.39, 0.29) is 5.57 Å². The second-order valence-corrected chi connectivity index (χ2v) is 2.95. The van der Waals surface area contributed by atoms with E-state index >= 15 is 0 Å². The van der Waals surface area contributed by atoms with Crippen molar-refractivity contribution in [1.82, 2.24) is 0 Å². The van der Waals surface area contributed by atoms with Gasteiger partial charge in [0.15, 0.2) is 0 Å². The first kappa shape index (κ1) is 10.2. The first-order valence-electron chi connectivity index (χ1n) is 4.20. The molecule has 0 amide bonds. The Hall–Kier alpha value is -1.86. The van der Waals surface area contributed by atoms with Crippen molar-refractivity contribution in [2.75, 3.05) is 0 Å². The summed E-state index contributed by atoms with van der Waals surface area (Å²) in [6.45, 7) is 1.67. The molecule has 0 aliphatic heterocycles. The molecule has 3 heteroatoms. The van der Waals surface area contributed by atoms with E-state index in [4.69, 9.17) is 5.11 Å². The van der Waals surface area contributed by atoms with Gasteiger partial charge in [0.25, 0.3) is 0 Å². The topological polar surface area (TPSA) is 54.4 Å². The Morgan fingerprint density at radius 2 is 1.93 bits per heavy atom. The zero-order chi connectivity index (χ0) is 10.6. The van der Waals surface area contributed by atoms with Crippen molar-refractivity contribution < 1.29 is 14.7 Å². The summed E-state index contributed by atoms with van der Waals surface area (Å²) >= 11 is 0. The van der Waals surface area contributed by atoms with E-state index in [0.29, 0.717) is 0 Å². The molecular formula is C11H10O3. The van der Waals surface area contributed by atoms with Gasteiger partial charge < -0.3 is 5.11 Å². The highest BCUT2D eigenvalue weighted by Crippen LogP contribution is 2.21. The predicted octanol–water partition coefficient (Wildman–Crippen LogP) is 1.63. The molecule has 0 saturated carbocycles. The summed E-state index contributed by atoms with van der Waals surface area (Å²) in [5.41, 5.74) is 0.560. The minimum absolute atomic E-state index is 0.240. The molecular weight excluding hydrogens is 180 g/mol. The minimum Gasteiger partial charge on any atom is -0.477 e. The summed E-state index contributed by atoms with van der Waals surface area (Å²) in [5, 5.41) is 8.71. The van der Waals surface area contributed by atoms with Crippen LogP contribution in [0.5, 0.6) is 0 Å². The summed E-state index contributed by atoms with van der Waals surface area (Å²) < 4.78 is 0. The molecule has 1 N–H and O–H groups in total. The fourth-order valence-electron chi connectivity index (χ4n) is 1.23. The molecule has 1 aromatic rings. The van der Waals surface area contributed by atoms with Crippen LogP contribution in [0, 0.1) is 0 Å². The van der Waals surface area contributed by atoms with Crippen LogP contribution in [0.15, 0.2) is 35.9 Å². The normalized spacial score (nSPS) is 11.5. The number of carbonyl (C=O) groups excluding carboxylic acids is 1. The van der Waals surface area contributed by atoms with Crippen LogP contribution in [0.4, 0.5) is 0 Å². The monoisotopic (exact) mass is 190 g/mol. The SMILES string of the molecule is CC(C(=C=O)C(=O)O)c1ccccc1. The van der Waals surface area contributed by atoms with Gasteiger partial charge in [0, 0.05) is 5.92 Å².